The predicted molar refractivity (Wildman–Crippen MR) is 134 cm³/mol. The number of aliphatic imine (C=N–C) groups is 1. The second-order valence-corrected chi connectivity index (χ2v) is 7.84. The van der Waals surface area contributed by atoms with Crippen molar-refractivity contribution in [2.75, 3.05) is 32.9 Å². The zero-order chi connectivity index (χ0) is 21.1. The number of rotatable bonds is 9. The van der Waals surface area contributed by atoms with Crippen molar-refractivity contribution in [2.24, 2.45) is 4.99 Å². The Bertz CT molecular complexity index is 798. The van der Waals surface area contributed by atoms with Crippen molar-refractivity contribution in [3.05, 3.63) is 65.5 Å². The van der Waals surface area contributed by atoms with Crippen LogP contribution in [0.3, 0.4) is 0 Å². The van der Waals surface area contributed by atoms with Crippen LogP contribution in [-0.4, -0.2) is 49.7 Å². The molecule has 2 N–H and O–H groups in total. The normalized spacial score (nSPS) is 10.9. The molecule has 5 nitrogen and oxygen atoms in total. The van der Waals surface area contributed by atoms with Gasteiger partial charge in [0, 0.05) is 37.6 Å². The van der Waals surface area contributed by atoms with E-state index in [2.05, 4.69) is 15.6 Å². The molecule has 0 aromatic heterocycles. The maximum atomic E-state index is 12.9. The van der Waals surface area contributed by atoms with Crippen LogP contribution in [0.15, 0.2) is 58.4 Å². The molecule has 0 aliphatic heterocycles. The van der Waals surface area contributed by atoms with Crippen molar-refractivity contribution in [3.8, 4) is 0 Å². The van der Waals surface area contributed by atoms with Gasteiger partial charge < -0.3 is 15.5 Å². The minimum atomic E-state index is -0.207. The van der Waals surface area contributed by atoms with Crippen molar-refractivity contribution in [1.29, 1.82) is 0 Å². The van der Waals surface area contributed by atoms with Gasteiger partial charge in [-0.1, -0.05) is 12.1 Å². The molecule has 0 unspecified atom stereocenters. The first kappa shape index (κ1) is 26.2. The number of benzene rings is 2. The van der Waals surface area contributed by atoms with Gasteiger partial charge in [-0.15, -0.1) is 35.7 Å². The highest BCUT2D eigenvalue weighted by Gasteiger charge is 2.07. The van der Waals surface area contributed by atoms with Crippen molar-refractivity contribution < 1.29 is 9.18 Å². The molecule has 0 aliphatic rings. The first-order valence-electron chi connectivity index (χ1n) is 9.70. The van der Waals surface area contributed by atoms with Crippen LogP contribution in [-0.2, 0) is 6.54 Å². The zero-order valence-corrected chi connectivity index (χ0v) is 20.8. The van der Waals surface area contributed by atoms with E-state index < -0.39 is 0 Å². The monoisotopic (exact) mass is 544 g/mol. The van der Waals surface area contributed by atoms with E-state index in [1.807, 2.05) is 31.2 Å². The van der Waals surface area contributed by atoms with Crippen LogP contribution in [0.5, 0.6) is 0 Å². The number of amides is 1. The minimum absolute atomic E-state index is 0. The Morgan fingerprint density at radius 2 is 1.73 bits per heavy atom. The third-order valence-corrected chi connectivity index (χ3v) is 5.17. The summed E-state index contributed by atoms with van der Waals surface area (Å²) in [5, 5.41) is 6.58. The van der Waals surface area contributed by atoms with Crippen molar-refractivity contribution in [2.45, 2.75) is 24.8 Å². The number of nitrogens with one attached hydrogen (secondary N) is 2. The topological polar surface area (TPSA) is 56.7 Å². The first-order valence-corrected chi connectivity index (χ1v) is 10.7. The van der Waals surface area contributed by atoms with Crippen molar-refractivity contribution >= 4 is 47.6 Å². The molecule has 2 rings (SSSR count). The summed E-state index contributed by atoms with van der Waals surface area (Å²) in [5.41, 5.74) is 1.72. The van der Waals surface area contributed by atoms with Gasteiger partial charge in [0.05, 0.1) is 6.54 Å². The third-order valence-electron chi connectivity index (χ3n) is 4.07. The lowest BCUT2D eigenvalue weighted by Crippen LogP contribution is -2.37. The molecule has 0 spiro atoms. The Morgan fingerprint density at radius 1 is 1.07 bits per heavy atom. The van der Waals surface area contributed by atoms with Crippen LogP contribution in [0, 0.1) is 5.82 Å². The number of halogens is 2. The van der Waals surface area contributed by atoms with Gasteiger partial charge in [-0.3, -0.25) is 4.79 Å². The minimum Gasteiger partial charge on any atom is -0.357 e. The molecule has 0 fully saturated rings. The molecule has 0 aliphatic carbocycles. The van der Waals surface area contributed by atoms with Gasteiger partial charge in [-0.2, -0.15) is 0 Å². The molecule has 2 aromatic rings. The Morgan fingerprint density at radius 3 is 2.33 bits per heavy atom. The lowest BCUT2D eigenvalue weighted by Gasteiger charge is -2.12. The van der Waals surface area contributed by atoms with Crippen molar-refractivity contribution in [1.82, 2.24) is 15.5 Å². The molecule has 1 amide bonds. The summed E-state index contributed by atoms with van der Waals surface area (Å²) in [7, 11) is 3.49. The first-order chi connectivity index (χ1) is 14.0. The molecule has 2 aromatic carbocycles. The summed E-state index contributed by atoms with van der Waals surface area (Å²) in [5.74, 6) is 1.50. The molecule has 0 radical (unpaired) electrons. The molecule has 0 saturated carbocycles. The molecule has 30 heavy (non-hydrogen) atoms. The highest BCUT2D eigenvalue weighted by molar-refractivity contribution is 14.0. The van der Waals surface area contributed by atoms with Gasteiger partial charge in [0.2, 0.25) is 0 Å². The predicted octanol–water partition coefficient (Wildman–Crippen LogP) is 4.38. The average Bonchev–Trinajstić information content (AvgIpc) is 2.72. The van der Waals surface area contributed by atoms with Gasteiger partial charge in [0.25, 0.3) is 5.91 Å². The van der Waals surface area contributed by atoms with E-state index in [-0.39, 0.29) is 35.7 Å². The maximum Gasteiger partial charge on any atom is 0.253 e. The summed E-state index contributed by atoms with van der Waals surface area (Å²) in [6.45, 7) is 4.15. The molecular weight excluding hydrogens is 514 g/mol. The van der Waals surface area contributed by atoms with E-state index in [4.69, 9.17) is 0 Å². The maximum absolute atomic E-state index is 12.9. The van der Waals surface area contributed by atoms with Gasteiger partial charge >= 0.3 is 0 Å². The average molecular weight is 544 g/mol. The van der Waals surface area contributed by atoms with E-state index in [1.165, 1.54) is 12.1 Å². The standard InChI is InChI=1S/C22H29FN4OS.HI/c1-4-24-22(25-14-5-15-29-20-12-10-19(23)11-13-20)26-16-17-6-8-18(9-7-17)21(28)27(2)3;/h6-13H,4-5,14-16H2,1-3H3,(H2,24,25,26);1H. The lowest BCUT2D eigenvalue weighted by atomic mass is 10.1. The lowest BCUT2D eigenvalue weighted by molar-refractivity contribution is 0.0827. The Kier molecular flexibility index (Phi) is 12.4. The number of nitrogens with zero attached hydrogens (tertiary/aromatic N) is 2. The van der Waals surface area contributed by atoms with E-state index in [1.54, 1.807) is 42.9 Å². The van der Waals surface area contributed by atoms with E-state index in [0.717, 1.165) is 41.7 Å². The number of carbonyl (C=O) groups excluding carboxylic acids is 1. The molecule has 0 bridgehead atoms. The fourth-order valence-corrected chi connectivity index (χ4v) is 3.38. The number of hydrogen-bond acceptors (Lipinski definition) is 3. The molecule has 0 saturated heterocycles. The van der Waals surface area contributed by atoms with Gasteiger partial charge in [-0.25, -0.2) is 9.38 Å². The summed E-state index contributed by atoms with van der Waals surface area (Å²) < 4.78 is 12.9. The fourth-order valence-electron chi connectivity index (χ4n) is 2.52. The SMILES string of the molecule is CCNC(=NCc1ccc(C(=O)N(C)C)cc1)NCCCSc1ccc(F)cc1.I. The van der Waals surface area contributed by atoms with Crippen LogP contribution < -0.4 is 10.6 Å². The fraction of sp³-hybridized carbons (Fsp3) is 0.364. The van der Waals surface area contributed by atoms with Crippen LogP contribution in [0.2, 0.25) is 0 Å². The number of hydrogen-bond donors (Lipinski definition) is 2. The number of carbonyl (C=O) groups is 1. The summed E-state index contributed by atoms with van der Waals surface area (Å²) in [4.78, 5) is 19.2. The molecule has 0 atom stereocenters. The second-order valence-electron chi connectivity index (χ2n) is 6.67. The Hall–Kier alpha value is -1.81. The second kappa shape index (κ2) is 14.2. The van der Waals surface area contributed by atoms with Crippen LogP contribution in [0.25, 0.3) is 0 Å². The third kappa shape index (κ3) is 9.34. The summed E-state index contributed by atoms with van der Waals surface area (Å²) in [6.07, 6.45) is 0.966. The highest BCUT2D eigenvalue weighted by atomic mass is 127. The summed E-state index contributed by atoms with van der Waals surface area (Å²) in [6, 6.07) is 14.1. The quantitative estimate of drug-likeness (QED) is 0.162. The Labute approximate surface area is 199 Å². The van der Waals surface area contributed by atoms with Gasteiger partial charge in [-0.05, 0) is 61.1 Å². The Balaban J connectivity index is 0.00000450. The molecule has 0 heterocycles. The van der Waals surface area contributed by atoms with Crippen LogP contribution in [0.4, 0.5) is 4.39 Å². The number of guanidine groups is 1. The van der Waals surface area contributed by atoms with E-state index in [0.29, 0.717) is 12.1 Å². The van der Waals surface area contributed by atoms with Crippen LogP contribution in [0.1, 0.15) is 29.3 Å². The van der Waals surface area contributed by atoms with E-state index in [9.17, 15) is 9.18 Å². The smallest absolute Gasteiger partial charge is 0.253 e. The number of thioether (sulfide) groups is 1. The zero-order valence-electron chi connectivity index (χ0n) is 17.7. The summed E-state index contributed by atoms with van der Waals surface area (Å²) >= 11 is 1.71. The van der Waals surface area contributed by atoms with Gasteiger partial charge in [0.1, 0.15) is 5.82 Å². The largest absolute Gasteiger partial charge is 0.357 e. The molecule has 164 valence electrons. The van der Waals surface area contributed by atoms with Crippen molar-refractivity contribution in [3.63, 3.8) is 0 Å². The highest BCUT2D eigenvalue weighted by Crippen LogP contribution is 2.18. The van der Waals surface area contributed by atoms with Gasteiger partial charge in [0.15, 0.2) is 5.96 Å². The van der Waals surface area contributed by atoms with Crippen LogP contribution >= 0.6 is 35.7 Å². The molecular formula is C22H30FIN4OS. The molecule has 8 heteroatoms. The van der Waals surface area contributed by atoms with E-state index >= 15 is 0 Å².